The molecule has 2 rings (SSSR count). The predicted molar refractivity (Wildman–Crippen MR) is 149 cm³/mol. The molecule has 32 heavy (non-hydrogen) atoms. The molecule has 0 N–H and O–H groups in total. The summed E-state index contributed by atoms with van der Waals surface area (Å²) in [4.78, 5) is 0. The van der Waals surface area contributed by atoms with Crippen LogP contribution in [0.3, 0.4) is 0 Å². The average Bonchev–Trinajstić information content (AvgIpc) is 3.38. The van der Waals surface area contributed by atoms with Crippen molar-refractivity contribution in [3.8, 4) is 0 Å². The Bertz CT molecular complexity index is 689. The number of hydrogen-bond donors (Lipinski definition) is 0. The van der Waals surface area contributed by atoms with Crippen LogP contribution in [0, 0.1) is 0 Å². The molecule has 0 aromatic heterocycles. The molecule has 2 aliphatic carbocycles. The molecule has 0 aromatic carbocycles. The molecule has 0 heterocycles. The van der Waals surface area contributed by atoms with Gasteiger partial charge < -0.3 is 0 Å². The topological polar surface area (TPSA) is 0 Å². The van der Waals surface area contributed by atoms with E-state index < -0.39 is 21.5 Å². The maximum atomic E-state index is 8.15. The summed E-state index contributed by atoms with van der Waals surface area (Å²) >= 11 is -4.23. The summed E-state index contributed by atoms with van der Waals surface area (Å²) in [6.45, 7) is 14.1. The standard InChI is InChI=1S/2C13H21.C2H7Si.2ClH.Zr/c2*1-3-5-7-12-9-10-13(11-12)8-6-4-2;1-3-2;;;/h2*9-11H,3-8H2,1-2H3;3H,1-2H3;2*1H;/q;;;;;+2/p-2. The van der Waals surface area contributed by atoms with Gasteiger partial charge in [-0.15, -0.1) is 0 Å². The molecule has 183 valence electrons. The minimum atomic E-state index is -4.23. The summed E-state index contributed by atoms with van der Waals surface area (Å²) < 4.78 is 0.697. The van der Waals surface area contributed by atoms with E-state index in [1.54, 1.807) is 11.1 Å². The molecule has 4 heteroatoms. The fourth-order valence-corrected chi connectivity index (χ4v) is 34.3. The van der Waals surface area contributed by atoms with Crippen LogP contribution in [-0.4, -0.2) is 5.92 Å². The summed E-state index contributed by atoms with van der Waals surface area (Å²) in [5, 5.41) is 0. The first-order valence-electron chi connectivity index (χ1n) is 13.6. The van der Waals surface area contributed by atoms with Gasteiger partial charge in [-0.05, 0) is 0 Å². The Morgan fingerprint density at radius 3 is 1.31 bits per heavy atom. The van der Waals surface area contributed by atoms with Crippen molar-refractivity contribution in [3.05, 3.63) is 46.6 Å². The molecule has 0 aliphatic heterocycles. The van der Waals surface area contributed by atoms with Crippen LogP contribution in [0.1, 0.15) is 105 Å². The quantitative estimate of drug-likeness (QED) is 0.170. The first kappa shape index (κ1) is 28.9. The van der Waals surface area contributed by atoms with Crippen molar-refractivity contribution >= 4 is 22.9 Å². The number of unbranched alkanes of at least 4 members (excludes halogenated alkanes) is 4. The van der Waals surface area contributed by atoms with Crippen LogP contribution in [0.25, 0.3) is 0 Å². The summed E-state index contributed by atoms with van der Waals surface area (Å²) in [5.41, 5.74) is 6.21. The number of halogens is 2. The van der Waals surface area contributed by atoms with Crippen molar-refractivity contribution in [2.24, 2.45) is 0 Å². The molecule has 0 amide bonds. The third-order valence-corrected chi connectivity index (χ3v) is 60.1. The third-order valence-electron chi connectivity index (χ3n) is 7.87. The van der Waals surface area contributed by atoms with Crippen LogP contribution in [0.4, 0.5) is 0 Å². The average molecular weight is 576 g/mol. The summed E-state index contributed by atoms with van der Waals surface area (Å²) in [6.07, 6.45) is 24.9. The van der Waals surface area contributed by atoms with E-state index in [4.69, 9.17) is 17.0 Å². The monoisotopic (exact) mass is 573 g/mol. The van der Waals surface area contributed by atoms with Crippen LogP contribution >= 0.6 is 17.0 Å². The molecule has 0 fully saturated rings. The van der Waals surface area contributed by atoms with E-state index in [1.807, 2.05) is 0 Å². The number of rotatable bonds is 15. The number of hydrogen-bond acceptors (Lipinski definition) is 0. The molecule has 0 spiro atoms. The van der Waals surface area contributed by atoms with Gasteiger partial charge in [0.05, 0.1) is 0 Å². The Labute approximate surface area is 208 Å². The SMILES string of the molecule is CCCCC1=C[CH]([Zr]([Cl])([Cl])([CH]2C=C(CCCC)C=C2CCCC)[SiH](C)C)C(CCCC)=C1. The van der Waals surface area contributed by atoms with Crippen molar-refractivity contribution < 1.29 is 15.6 Å². The maximum absolute atomic E-state index is 8.15. The molecule has 0 radical (unpaired) electrons. The summed E-state index contributed by atoms with van der Waals surface area (Å²) in [5.74, 6) is -1.31. The fraction of sp³-hybridized carbons (Fsp3) is 0.714. The molecular formula is C28H49Cl2SiZr. The summed E-state index contributed by atoms with van der Waals surface area (Å²) in [7, 11) is 16.3. The number of allylic oxidation sites excluding steroid dienone is 8. The van der Waals surface area contributed by atoms with Crippen molar-refractivity contribution in [2.75, 3.05) is 0 Å². The second kappa shape index (κ2) is 13.1. The molecule has 2 atom stereocenters. The van der Waals surface area contributed by atoms with E-state index in [-0.39, 0.29) is 0 Å². The van der Waals surface area contributed by atoms with Gasteiger partial charge in [0.2, 0.25) is 0 Å². The van der Waals surface area contributed by atoms with E-state index in [0.717, 1.165) is 0 Å². The van der Waals surface area contributed by atoms with Crippen molar-refractivity contribution in [2.45, 2.75) is 125 Å². The van der Waals surface area contributed by atoms with Crippen LogP contribution < -0.4 is 0 Å². The third kappa shape index (κ3) is 6.44. The van der Waals surface area contributed by atoms with Gasteiger partial charge in [-0.1, -0.05) is 0 Å². The van der Waals surface area contributed by atoms with E-state index in [2.05, 4.69) is 65.1 Å². The van der Waals surface area contributed by atoms with Crippen LogP contribution in [0.5, 0.6) is 0 Å². The van der Waals surface area contributed by atoms with E-state index >= 15 is 0 Å². The zero-order valence-electron chi connectivity index (χ0n) is 21.8. The molecule has 0 bridgehead atoms. The van der Waals surface area contributed by atoms with Crippen molar-refractivity contribution in [1.29, 1.82) is 0 Å². The minimum absolute atomic E-state index is 0.349. The predicted octanol–water partition coefficient (Wildman–Crippen LogP) is 11.0. The Morgan fingerprint density at radius 1 is 0.656 bits per heavy atom. The molecule has 0 saturated heterocycles. The molecule has 0 nitrogen and oxygen atoms in total. The molecule has 2 aliphatic rings. The first-order chi connectivity index (χ1) is 15.2. The van der Waals surface area contributed by atoms with Gasteiger partial charge in [0.15, 0.2) is 0 Å². The first-order valence-corrected chi connectivity index (χ1v) is 29.9. The Balaban J connectivity index is 2.54. The van der Waals surface area contributed by atoms with Gasteiger partial charge in [-0.3, -0.25) is 0 Å². The fourth-order valence-electron chi connectivity index (χ4n) is 5.62. The van der Waals surface area contributed by atoms with Gasteiger partial charge >= 0.3 is 210 Å². The van der Waals surface area contributed by atoms with Gasteiger partial charge in [0, 0.05) is 0 Å². The van der Waals surface area contributed by atoms with Gasteiger partial charge in [0.25, 0.3) is 0 Å². The normalized spacial score (nSPS) is 22.5. The molecule has 2 unspecified atom stereocenters. The van der Waals surface area contributed by atoms with Gasteiger partial charge in [0.1, 0.15) is 0 Å². The Kier molecular flexibility index (Phi) is 11.8. The van der Waals surface area contributed by atoms with E-state index in [9.17, 15) is 0 Å². The van der Waals surface area contributed by atoms with Crippen LogP contribution in [0.2, 0.25) is 20.3 Å². The van der Waals surface area contributed by atoms with E-state index in [1.165, 1.54) is 88.2 Å². The second-order valence-electron chi connectivity index (χ2n) is 10.7. The molecule has 0 aromatic rings. The van der Waals surface area contributed by atoms with E-state index in [0.29, 0.717) is 7.25 Å². The zero-order chi connectivity index (χ0) is 23.8. The van der Waals surface area contributed by atoms with Gasteiger partial charge in [-0.25, -0.2) is 0 Å². The second-order valence-corrected chi connectivity index (χ2v) is 53.4. The van der Waals surface area contributed by atoms with Crippen LogP contribution in [0.15, 0.2) is 46.6 Å². The molecule has 0 saturated carbocycles. The van der Waals surface area contributed by atoms with Crippen molar-refractivity contribution in [3.63, 3.8) is 0 Å². The zero-order valence-corrected chi connectivity index (χ0v) is 26.9. The Hall–Kier alpha value is 0.640. The molecular weight excluding hydrogens is 527 g/mol. The van der Waals surface area contributed by atoms with Gasteiger partial charge in [-0.2, -0.15) is 0 Å². The summed E-state index contributed by atoms with van der Waals surface area (Å²) in [6, 6.07) is 0. The Morgan fingerprint density at radius 2 is 1.00 bits per heavy atom. The van der Waals surface area contributed by atoms with Crippen molar-refractivity contribution in [1.82, 2.24) is 0 Å². The van der Waals surface area contributed by atoms with Crippen LogP contribution in [-0.2, 0) is 15.6 Å².